The summed E-state index contributed by atoms with van der Waals surface area (Å²) in [6.07, 6.45) is 0. The van der Waals surface area contributed by atoms with Crippen molar-refractivity contribution in [3.63, 3.8) is 0 Å². The molecule has 0 saturated heterocycles. The summed E-state index contributed by atoms with van der Waals surface area (Å²) in [4.78, 5) is 26.6. The minimum absolute atomic E-state index is 0.327. The molecule has 0 amide bonds. The average molecular weight is 452 g/mol. The van der Waals surface area contributed by atoms with Crippen molar-refractivity contribution < 1.29 is 4.39 Å². The van der Waals surface area contributed by atoms with Crippen molar-refractivity contribution in [2.75, 3.05) is 5.32 Å². The molecule has 3 aromatic carbocycles. The molecule has 1 atom stereocenters. The minimum atomic E-state index is -0.409. The molecule has 0 radical (unpaired) electrons. The Balaban J connectivity index is 1.86. The molecule has 1 aliphatic rings. The van der Waals surface area contributed by atoms with E-state index < -0.39 is 11.7 Å². The number of para-hydroxylation sites is 2. The monoisotopic (exact) mass is 452 g/mol. The van der Waals surface area contributed by atoms with Crippen LogP contribution in [0.5, 0.6) is 0 Å². The molecular weight excluding hydrogens is 431 g/mol. The second-order valence-corrected chi connectivity index (χ2v) is 8.51. The normalized spacial score (nSPS) is 14.5. The van der Waals surface area contributed by atoms with Crippen LogP contribution in [0.3, 0.4) is 0 Å². The number of rotatable bonds is 2. The summed E-state index contributed by atoms with van der Waals surface area (Å²) < 4.78 is 18.5. The lowest BCUT2D eigenvalue weighted by molar-refractivity contribution is 0.626. The molecule has 0 saturated carbocycles. The van der Waals surface area contributed by atoms with E-state index in [9.17, 15) is 14.0 Å². The smallest absolute Gasteiger partial charge is 0.331 e. The molecule has 0 spiro atoms. The Morgan fingerprint density at radius 1 is 0.824 bits per heavy atom. The summed E-state index contributed by atoms with van der Waals surface area (Å²) in [7, 11) is 3.18. The fraction of sp³-hybridized carbons (Fsp3) is 0.111. The molecule has 0 bridgehead atoms. The van der Waals surface area contributed by atoms with E-state index in [-0.39, 0.29) is 11.4 Å². The Morgan fingerprint density at radius 3 is 2.24 bits per heavy atom. The van der Waals surface area contributed by atoms with E-state index in [0.717, 1.165) is 38.5 Å². The molecule has 0 fully saturated rings. The van der Waals surface area contributed by atoms with Crippen LogP contribution in [-0.4, -0.2) is 13.7 Å². The van der Waals surface area contributed by atoms with E-state index in [4.69, 9.17) is 0 Å². The first-order valence-corrected chi connectivity index (χ1v) is 11.0. The number of halogens is 1. The standard InChI is InChI=1S/C27H21FN4O2/c1-30-24-21(26(33)31(2)27(30)34)23(17-8-4-3-5-9-17)32-20-11-7-6-10-19(20)29-22(25(24)32)16-12-14-18(28)15-13-16/h3-15,22,29H,1-2H3/t22-/m1/s1. The van der Waals surface area contributed by atoms with Crippen molar-refractivity contribution in [3.8, 4) is 16.9 Å². The summed E-state index contributed by atoms with van der Waals surface area (Å²) in [5, 5.41) is 4.03. The van der Waals surface area contributed by atoms with Gasteiger partial charge in [0.1, 0.15) is 5.82 Å². The van der Waals surface area contributed by atoms with Crippen LogP contribution in [-0.2, 0) is 14.1 Å². The molecule has 3 heterocycles. The van der Waals surface area contributed by atoms with Gasteiger partial charge in [0.05, 0.1) is 39.7 Å². The van der Waals surface area contributed by atoms with Crippen molar-refractivity contribution in [2.45, 2.75) is 6.04 Å². The van der Waals surface area contributed by atoms with Gasteiger partial charge in [0.15, 0.2) is 0 Å². The minimum Gasteiger partial charge on any atom is -0.371 e. The third-order valence-electron chi connectivity index (χ3n) is 6.58. The Morgan fingerprint density at radius 2 is 1.50 bits per heavy atom. The van der Waals surface area contributed by atoms with Gasteiger partial charge in [-0.15, -0.1) is 0 Å². The third kappa shape index (κ3) is 2.73. The van der Waals surface area contributed by atoms with Gasteiger partial charge < -0.3 is 9.88 Å². The van der Waals surface area contributed by atoms with Gasteiger partial charge in [-0.05, 0) is 35.4 Å². The van der Waals surface area contributed by atoms with Crippen LogP contribution in [0.4, 0.5) is 10.1 Å². The molecule has 0 aliphatic carbocycles. The Labute approximate surface area is 194 Å². The predicted molar refractivity (Wildman–Crippen MR) is 131 cm³/mol. The lowest BCUT2D eigenvalue weighted by Crippen LogP contribution is -2.37. The van der Waals surface area contributed by atoms with E-state index in [0.29, 0.717) is 10.9 Å². The van der Waals surface area contributed by atoms with Gasteiger partial charge in [-0.3, -0.25) is 13.9 Å². The number of aryl methyl sites for hydroxylation is 1. The first kappa shape index (κ1) is 20.2. The van der Waals surface area contributed by atoms with Crippen molar-refractivity contribution in [3.05, 3.63) is 117 Å². The van der Waals surface area contributed by atoms with Gasteiger partial charge in [-0.25, -0.2) is 9.18 Å². The predicted octanol–water partition coefficient (Wildman–Crippen LogP) is 4.35. The lowest BCUT2D eigenvalue weighted by Gasteiger charge is -2.31. The van der Waals surface area contributed by atoms with Gasteiger partial charge in [0.25, 0.3) is 5.56 Å². The maximum atomic E-state index is 13.8. The number of aromatic nitrogens is 3. The second-order valence-electron chi connectivity index (χ2n) is 8.51. The Bertz CT molecular complexity index is 1700. The molecule has 6 rings (SSSR count). The summed E-state index contributed by atoms with van der Waals surface area (Å²) in [5.74, 6) is -0.327. The van der Waals surface area contributed by atoms with Crippen LogP contribution in [0.2, 0.25) is 0 Å². The van der Waals surface area contributed by atoms with Crippen molar-refractivity contribution >= 4 is 16.6 Å². The van der Waals surface area contributed by atoms with Crippen molar-refractivity contribution in [2.24, 2.45) is 14.1 Å². The van der Waals surface area contributed by atoms with Gasteiger partial charge >= 0.3 is 5.69 Å². The number of anilines is 1. The Hall–Kier alpha value is -4.39. The van der Waals surface area contributed by atoms with Crippen LogP contribution < -0.4 is 16.6 Å². The number of nitrogens with one attached hydrogen (secondary N) is 1. The first-order valence-electron chi connectivity index (χ1n) is 11.0. The Kier molecular flexibility index (Phi) is 4.35. The first-order chi connectivity index (χ1) is 16.5. The van der Waals surface area contributed by atoms with Gasteiger partial charge in [0.2, 0.25) is 0 Å². The summed E-state index contributed by atoms with van der Waals surface area (Å²) in [6, 6.07) is 23.4. The highest BCUT2D eigenvalue weighted by Crippen LogP contribution is 2.45. The van der Waals surface area contributed by atoms with Crippen LogP contribution >= 0.6 is 0 Å². The zero-order valence-corrected chi connectivity index (χ0v) is 18.6. The molecule has 5 aromatic rings. The topological polar surface area (TPSA) is 61.0 Å². The maximum absolute atomic E-state index is 13.8. The second kappa shape index (κ2) is 7.31. The summed E-state index contributed by atoms with van der Waals surface area (Å²) in [5.41, 5.74) is 4.73. The van der Waals surface area contributed by atoms with Crippen LogP contribution in [0.15, 0.2) is 88.5 Å². The molecule has 1 aliphatic heterocycles. The molecule has 2 aromatic heterocycles. The highest BCUT2D eigenvalue weighted by atomic mass is 19.1. The highest BCUT2D eigenvalue weighted by Gasteiger charge is 2.34. The summed E-state index contributed by atoms with van der Waals surface area (Å²) >= 11 is 0. The van der Waals surface area contributed by atoms with E-state index in [2.05, 4.69) is 9.88 Å². The zero-order chi connectivity index (χ0) is 23.6. The summed E-state index contributed by atoms with van der Waals surface area (Å²) in [6.45, 7) is 0. The number of hydrogen-bond donors (Lipinski definition) is 1. The van der Waals surface area contributed by atoms with E-state index in [1.807, 2.05) is 54.6 Å². The number of fused-ring (bicyclic) bond motifs is 5. The third-order valence-corrected chi connectivity index (χ3v) is 6.58. The van der Waals surface area contributed by atoms with E-state index in [1.165, 1.54) is 23.7 Å². The van der Waals surface area contributed by atoms with Crippen LogP contribution in [0.1, 0.15) is 17.3 Å². The van der Waals surface area contributed by atoms with E-state index >= 15 is 0 Å². The number of hydrogen-bond acceptors (Lipinski definition) is 3. The van der Waals surface area contributed by atoms with Crippen LogP contribution in [0, 0.1) is 5.82 Å². The molecule has 168 valence electrons. The quantitative estimate of drug-likeness (QED) is 0.433. The molecule has 7 heteroatoms. The molecule has 1 N–H and O–H groups in total. The number of benzene rings is 3. The van der Waals surface area contributed by atoms with Crippen molar-refractivity contribution in [1.29, 1.82) is 0 Å². The fourth-order valence-electron chi connectivity index (χ4n) is 4.99. The highest BCUT2D eigenvalue weighted by molar-refractivity contribution is 5.99. The molecular formula is C27H21FN4O2. The maximum Gasteiger partial charge on any atom is 0.331 e. The lowest BCUT2D eigenvalue weighted by atomic mass is 9.99. The molecule has 34 heavy (non-hydrogen) atoms. The largest absolute Gasteiger partial charge is 0.371 e. The van der Waals surface area contributed by atoms with Gasteiger partial charge in [0, 0.05) is 14.1 Å². The number of nitrogens with zero attached hydrogens (tertiary/aromatic N) is 3. The zero-order valence-electron chi connectivity index (χ0n) is 18.6. The van der Waals surface area contributed by atoms with Crippen molar-refractivity contribution in [1.82, 2.24) is 13.7 Å². The molecule has 0 unspecified atom stereocenters. The van der Waals surface area contributed by atoms with Crippen LogP contribution in [0.25, 0.3) is 27.8 Å². The SMILES string of the molecule is Cn1c(=O)c2c(-c3ccccc3)n3c(c2n(C)c1=O)[C@@H](c1ccc(F)cc1)Nc1ccccc1-3. The average Bonchev–Trinajstić information content (AvgIpc) is 3.23. The molecule has 6 nitrogen and oxygen atoms in total. The van der Waals surface area contributed by atoms with Gasteiger partial charge in [-0.1, -0.05) is 54.6 Å². The van der Waals surface area contributed by atoms with Gasteiger partial charge in [-0.2, -0.15) is 0 Å². The fourth-order valence-corrected chi connectivity index (χ4v) is 4.99. The van der Waals surface area contributed by atoms with E-state index in [1.54, 1.807) is 19.2 Å².